The van der Waals surface area contributed by atoms with E-state index in [9.17, 15) is 13.2 Å². The quantitative estimate of drug-likeness (QED) is 0.440. The molecular formula is C6H13NO4S. The van der Waals surface area contributed by atoms with Crippen molar-refractivity contribution in [3.05, 3.63) is 0 Å². The van der Waals surface area contributed by atoms with Crippen molar-refractivity contribution in [1.29, 1.82) is 0 Å². The van der Waals surface area contributed by atoms with Crippen molar-refractivity contribution >= 4 is 15.8 Å². The molecule has 0 aliphatic carbocycles. The SMILES string of the molecule is COC(=O)CNCCS(C)(=O)=O. The molecule has 0 fully saturated rings. The van der Waals surface area contributed by atoms with Crippen LogP contribution in [0, 0.1) is 0 Å². The van der Waals surface area contributed by atoms with Crippen molar-refractivity contribution in [2.45, 2.75) is 0 Å². The number of esters is 1. The van der Waals surface area contributed by atoms with Gasteiger partial charge in [0.2, 0.25) is 0 Å². The highest BCUT2D eigenvalue weighted by molar-refractivity contribution is 7.90. The lowest BCUT2D eigenvalue weighted by molar-refractivity contribution is -0.139. The molecule has 0 spiro atoms. The molecular weight excluding hydrogens is 182 g/mol. The fourth-order valence-electron chi connectivity index (χ4n) is 0.520. The largest absolute Gasteiger partial charge is 0.468 e. The summed E-state index contributed by atoms with van der Waals surface area (Å²) < 4.78 is 25.5. The van der Waals surface area contributed by atoms with E-state index >= 15 is 0 Å². The van der Waals surface area contributed by atoms with Gasteiger partial charge < -0.3 is 10.1 Å². The predicted octanol–water partition coefficient (Wildman–Crippen LogP) is -1.21. The molecule has 0 radical (unpaired) electrons. The summed E-state index contributed by atoms with van der Waals surface area (Å²) in [5.41, 5.74) is 0. The zero-order chi connectivity index (χ0) is 9.61. The van der Waals surface area contributed by atoms with Crippen molar-refractivity contribution in [1.82, 2.24) is 5.32 Å². The van der Waals surface area contributed by atoms with E-state index in [1.807, 2.05) is 0 Å². The third kappa shape index (κ3) is 7.49. The van der Waals surface area contributed by atoms with Crippen LogP contribution in [0.25, 0.3) is 0 Å². The molecule has 0 rings (SSSR count). The highest BCUT2D eigenvalue weighted by Crippen LogP contribution is 1.79. The van der Waals surface area contributed by atoms with Crippen LogP contribution >= 0.6 is 0 Å². The maximum absolute atomic E-state index is 10.6. The van der Waals surface area contributed by atoms with Crippen LogP contribution in [0.1, 0.15) is 0 Å². The molecule has 0 heterocycles. The zero-order valence-electron chi connectivity index (χ0n) is 7.16. The maximum atomic E-state index is 10.6. The topological polar surface area (TPSA) is 72.5 Å². The van der Waals surface area contributed by atoms with E-state index < -0.39 is 15.8 Å². The molecule has 0 amide bonds. The summed E-state index contributed by atoms with van der Waals surface area (Å²) in [5.74, 6) is -0.368. The molecule has 6 heteroatoms. The molecule has 0 atom stereocenters. The van der Waals surface area contributed by atoms with Gasteiger partial charge in [0.25, 0.3) is 0 Å². The molecule has 0 aliphatic heterocycles. The first-order valence-corrected chi connectivity index (χ1v) is 5.47. The van der Waals surface area contributed by atoms with Gasteiger partial charge in [-0.3, -0.25) is 4.79 Å². The van der Waals surface area contributed by atoms with Gasteiger partial charge in [-0.1, -0.05) is 0 Å². The van der Waals surface area contributed by atoms with Gasteiger partial charge in [0.1, 0.15) is 9.84 Å². The fraction of sp³-hybridized carbons (Fsp3) is 0.833. The average Bonchev–Trinajstić information content (AvgIpc) is 1.96. The Morgan fingerprint density at radius 2 is 2.08 bits per heavy atom. The van der Waals surface area contributed by atoms with Gasteiger partial charge in [-0.25, -0.2) is 8.42 Å². The molecule has 0 bridgehead atoms. The van der Waals surface area contributed by atoms with Crippen LogP contribution < -0.4 is 5.32 Å². The highest BCUT2D eigenvalue weighted by atomic mass is 32.2. The summed E-state index contributed by atoms with van der Waals surface area (Å²) in [5, 5.41) is 2.64. The second-order valence-corrected chi connectivity index (χ2v) is 4.64. The summed E-state index contributed by atoms with van der Waals surface area (Å²) >= 11 is 0. The minimum atomic E-state index is -2.94. The number of carbonyl (C=O) groups is 1. The van der Waals surface area contributed by atoms with Crippen LogP contribution in [0.3, 0.4) is 0 Å². The Labute approximate surface area is 72.0 Å². The Bertz CT molecular complexity index is 234. The van der Waals surface area contributed by atoms with E-state index in [-0.39, 0.29) is 18.8 Å². The Kier molecular flexibility index (Phi) is 4.84. The number of methoxy groups -OCH3 is 1. The average molecular weight is 195 g/mol. The summed E-state index contributed by atoms with van der Waals surface area (Å²) in [4.78, 5) is 10.5. The number of hydrogen-bond donors (Lipinski definition) is 1. The molecule has 5 nitrogen and oxygen atoms in total. The normalized spacial score (nSPS) is 11.2. The second kappa shape index (κ2) is 5.10. The van der Waals surface area contributed by atoms with Crippen LogP contribution in [-0.2, 0) is 19.4 Å². The summed E-state index contributed by atoms with van der Waals surface area (Å²) in [7, 11) is -1.67. The van der Waals surface area contributed by atoms with Gasteiger partial charge in [0.15, 0.2) is 0 Å². The standard InChI is InChI=1S/C6H13NO4S/c1-11-6(8)5-7-3-4-12(2,9)10/h7H,3-5H2,1-2H3. The number of hydrogen-bond acceptors (Lipinski definition) is 5. The first-order valence-electron chi connectivity index (χ1n) is 3.41. The smallest absolute Gasteiger partial charge is 0.319 e. The van der Waals surface area contributed by atoms with Crippen LogP contribution in [0.5, 0.6) is 0 Å². The summed E-state index contributed by atoms with van der Waals surface area (Å²) in [6, 6.07) is 0. The number of rotatable bonds is 5. The monoisotopic (exact) mass is 195 g/mol. The van der Waals surface area contributed by atoms with Crippen molar-refractivity contribution in [2.75, 3.05) is 32.2 Å². The molecule has 0 aromatic heterocycles. The van der Waals surface area contributed by atoms with Crippen LogP contribution in [0.15, 0.2) is 0 Å². The predicted molar refractivity (Wildman–Crippen MR) is 44.6 cm³/mol. The molecule has 0 aromatic rings. The summed E-state index contributed by atoms with van der Waals surface area (Å²) in [6.45, 7) is 0.319. The second-order valence-electron chi connectivity index (χ2n) is 2.38. The van der Waals surface area contributed by atoms with Gasteiger partial charge in [-0.05, 0) is 0 Å². The van der Waals surface area contributed by atoms with E-state index in [1.165, 1.54) is 7.11 Å². The third-order valence-electron chi connectivity index (χ3n) is 1.15. The molecule has 0 saturated carbocycles. The highest BCUT2D eigenvalue weighted by Gasteiger charge is 2.02. The first-order chi connectivity index (χ1) is 5.45. The van der Waals surface area contributed by atoms with Crippen molar-refractivity contribution in [2.24, 2.45) is 0 Å². The maximum Gasteiger partial charge on any atom is 0.319 e. The van der Waals surface area contributed by atoms with Crippen LogP contribution in [0.4, 0.5) is 0 Å². The van der Waals surface area contributed by atoms with E-state index in [4.69, 9.17) is 0 Å². The lowest BCUT2D eigenvalue weighted by Crippen LogP contribution is -2.28. The molecule has 0 aliphatic rings. The van der Waals surface area contributed by atoms with E-state index in [1.54, 1.807) is 0 Å². The molecule has 0 saturated heterocycles. The fourth-order valence-corrected chi connectivity index (χ4v) is 1.04. The van der Waals surface area contributed by atoms with E-state index in [0.717, 1.165) is 6.26 Å². The Hall–Kier alpha value is -0.620. The van der Waals surface area contributed by atoms with Gasteiger partial charge in [-0.2, -0.15) is 0 Å². The van der Waals surface area contributed by atoms with E-state index in [2.05, 4.69) is 10.1 Å². The number of sulfone groups is 1. The van der Waals surface area contributed by atoms with Crippen molar-refractivity contribution in [3.8, 4) is 0 Å². The number of ether oxygens (including phenoxy) is 1. The minimum Gasteiger partial charge on any atom is -0.468 e. The van der Waals surface area contributed by atoms with Crippen molar-refractivity contribution < 1.29 is 17.9 Å². The molecule has 0 unspecified atom stereocenters. The first kappa shape index (κ1) is 11.4. The molecule has 12 heavy (non-hydrogen) atoms. The minimum absolute atomic E-state index is 0.0317. The molecule has 0 aromatic carbocycles. The van der Waals surface area contributed by atoms with Gasteiger partial charge in [-0.15, -0.1) is 0 Å². The van der Waals surface area contributed by atoms with Crippen LogP contribution in [0.2, 0.25) is 0 Å². The van der Waals surface area contributed by atoms with Gasteiger partial charge >= 0.3 is 5.97 Å². The Morgan fingerprint density at radius 1 is 1.50 bits per heavy atom. The van der Waals surface area contributed by atoms with Gasteiger partial charge in [0.05, 0.1) is 19.4 Å². The van der Waals surface area contributed by atoms with Crippen LogP contribution in [-0.4, -0.2) is 46.6 Å². The molecule has 72 valence electrons. The van der Waals surface area contributed by atoms with Gasteiger partial charge in [0, 0.05) is 12.8 Å². The zero-order valence-corrected chi connectivity index (χ0v) is 7.98. The lowest BCUT2D eigenvalue weighted by Gasteiger charge is -2.01. The summed E-state index contributed by atoms with van der Waals surface area (Å²) in [6.07, 6.45) is 1.15. The Morgan fingerprint density at radius 3 is 2.50 bits per heavy atom. The Balaban J connectivity index is 3.40. The van der Waals surface area contributed by atoms with E-state index in [0.29, 0.717) is 0 Å². The number of carbonyl (C=O) groups excluding carboxylic acids is 1. The lowest BCUT2D eigenvalue weighted by atomic mass is 10.6. The van der Waals surface area contributed by atoms with Crippen molar-refractivity contribution in [3.63, 3.8) is 0 Å². The third-order valence-corrected chi connectivity index (χ3v) is 2.09. The number of nitrogens with one attached hydrogen (secondary N) is 1. The molecule has 1 N–H and O–H groups in total.